The molecule has 2 aromatic heterocycles. The van der Waals surface area contributed by atoms with Crippen LogP contribution in [0.2, 0.25) is 0 Å². The molecule has 0 aromatic carbocycles. The van der Waals surface area contributed by atoms with Crippen LogP contribution in [0.4, 0.5) is 0 Å². The Morgan fingerprint density at radius 2 is 2.04 bits per heavy atom. The molecule has 0 bridgehead atoms. The lowest BCUT2D eigenvalue weighted by molar-refractivity contribution is -0.101. The van der Waals surface area contributed by atoms with Gasteiger partial charge in [-0.1, -0.05) is 6.07 Å². The fourth-order valence-corrected chi connectivity index (χ4v) is 3.70. The van der Waals surface area contributed by atoms with Crippen molar-refractivity contribution in [1.29, 1.82) is 0 Å². The number of likely N-dealkylation sites (tertiary alicyclic amines) is 1. The van der Waals surface area contributed by atoms with Crippen molar-refractivity contribution in [1.82, 2.24) is 19.8 Å². The lowest BCUT2D eigenvalue weighted by Crippen LogP contribution is -2.60. The minimum absolute atomic E-state index is 0.00786. The van der Waals surface area contributed by atoms with Gasteiger partial charge in [0.25, 0.3) is 5.91 Å². The van der Waals surface area contributed by atoms with Crippen molar-refractivity contribution in [2.45, 2.75) is 25.1 Å². The van der Waals surface area contributed by atoms with Gasteiger partial charge in [0.2, 0.25) is 0 Å². The molecule has 0 unspecified atom stereocenters. The van der Waals surface area contributed by atoms with E-state index in [-0.39, 0.29) is 18.1 Å². The zero-order chi connectivity index (χ0) is 17.1. The Morgan fingerprint density at radius 3 is 2.84 bits per heavy atom. The molecular formula is C19H22N4O2. The lowest BCUT2D eigenvalue weighted by Gasteiger charge is -2.47. The van der Waals surface area contributed by atoms with E-state index in [4.69, 9.17) is 4.74 Å². The molecular weight excluding hydrogens is 316 g/mol. The highest BCUT2D eigenvalue weighted by Gasteiger charge is 2.38. The molecule has 6 heteroatoms. The second-order valence-corrected chi connectivity index (χ2v) is 6.56. The summed E-state index contributed by atoms with van der Waals surface area (Å²) in [5.74, 6) is 0.00786. The number of piperidine rings is 1. The third-order valence-corrected chi connectivity index (χ3v) is 5.01. The van der Waals surface area contributed by atoms with Gasteiger partial charge in [0.05, 0.1) is 18.8 Å². The van der Waals surface area contributed by atoms with Gasteiger partial charge in [-0.15, -0.1) is 0 Å². The standard InChI is InChI=1S/C19H22N4O2/c24-19(16-3-1-2-7-21-16)23-10-6-18-17(14-23)22(11-12-25-18)13-15-4-8-20-9-5-15/h1-5,7-9,17-18H,6,10-14H2/t17-,18-/m0/s1. The highest BCUT2D eigenvalue weighted by molar-refractivity contribution is 5.92. The van der Waals surface area contributed by atoms with E-state index in [1.807, 2.05) is 41.6 Å². The molecule has 2 aliphatic heterocycles. The van der Waals surface area contributed by atoms with E-state index in [0.717, 1.165) is 32.7 Å². The van der Waals surface area contributed by atoms with Crippen LogP contribution in [0, 0.1) is 0 Å². The number of nitrogens with zero attached hydrogens (tertiary/aromatic N) is 4. The monoisotopic (exact) mass is 338 g/mol. The summed E-state index contributed by atoms with van der Waals surface area (Å²) in [6, 6.07) is 9.78. The van der Waals surface area contributed by atoms with Gasteiger partial charge in [-0.25, -0.2) is 0 Å². The zero-order valence-electron chi connectivity index (χ0n) is 14.1. The molecule has 1 amide bonds. The van der Waals surface area contributed by atoms with Crippen LogP contribution in [0.1, 0.15) is 22.5 Å². The second-order valence-electron chi connectivity index (χ2n) is 6.56. The Bertz CT molecular complexity index is 710. The summed E-state index contributed by atoms with van der Waals surface area (Å²) in [5, 5.41) is 0. The SMILES string of the molecule is O=C(c1ccccn1)N1CC[C@@H]2OCCN(Cc3ccncc3)[C@H]2C1. The number of morpholine rings is 1. The molecule has 4 heterocycles. The Hall–Kier alpha value is -2.31. The number of aromatic nitrogens is 2. The predicted molar refractivity (Wildman–Crippen MR) is 92.9 cm³/mol. The summed E-state index contributed by atoms with van der Waals surface area (Å²) >= 11 is 0. The maximum absolute atomic E-state index is 12.7. The Balaban J connectivity index is 1.48. The van der Waals surface area contributed by atoms with Gasteiger partial charge in [0.1, 0.15) is 5.69 Å². The van der Waals surface area contributed by atoms with Crippen LogP contribution in [0.15, 0.2) is 48.9 Å². The van der Waals surface area contributed by atoms with Crippen LogP contribution in [-0.4, -0.2) is 64.1 Å². The first-order valence-electron chi connectivity index (χ1n) is 8.76. The van der Waals surface area contributed by atoms with Gasteiger partial charge in [-0.3, -0.25) is 19.7 Å². The molecule has 0 aliphatic carbocycles. The number of rotatable bonds is 3. The van der Waals surface area contributed by atoms with Crippen molar-refractivity contribution < 1.29 is 9.53 Å². The summed E-state index contributed by atoms with van der Waals surface area (Å²) in [6.45, 7) is 3.90. The van der Waals surface area contributed by atoms with Gasteiger partial charge in [-0.05, 0) is 36.2 Å². The van der Waals surface area contributed by atoms with E-state index in [1.165, 1.54) is 5.56 Å². The number of ether oxygens (including phenoxy) is 1. The molecule has 0 saturated carbocycles. The fourth-order valence-electron chi connectivity index (χ4n) is 3.70. The van der Waals surface area contributed by atoms with E-state index in [0.29, 0.717) is 12.2 Å². The minimum Gasteiger partial charge on any atom is -0.375 e. The first kappa shape index (κ1) is 16.2. The molecule has 25 heavy (non-hydrogen) atoms. The van der Waals surface area contributed by atoms with Gasteiger partial charge >= 0.3 is 0 Å². The van der Waals surface area contributed by atoms with Crippen molar-refractivity contribution in [3.8, 4) is 0 Å². The molecule has 4 rings (SSSR count). The van der Waals surface area contributed by atoms with Gasteiger partial charge in [0.15, 0.2) is 0 Å². The highest BCUT2D eigenvalue weighted by atomic mass is 16.5. The molecule has 2 saturated heterocycles. The van der Waals surface area contributed by atoms with Crippen LogP contribution in [0.25, 0.3) is 0 Å². The Labute approximate surface area is 147 Å². The average Bonchev–Trinajstić information content (AvgIpc) is 2.69. The van der Waals surface area contributed by atoms with Crippen molar-refractivity contribution in [3.05, 3.63) is 60.2 Å². The predicted octanol–water partition coefficient (Wildman–Crippen LogP) is 1.59. The normalized spacial score (nSPS) is 23.9. The van der Waals surface area contributed by atoms with Crippen molar-refractivity contribution in [2.75, 3.05) is 26.2 Å². The summed E-state index contributed by atoms with van der Waals surface area (Å²) in [7, 11) is 0. The van der Waals surface area contributed by atoms with Crippen LogP contribution < -0.4 is 0 Å². The van der Waals surface area contributed by atoms with Crippen LogP contribution in [0.5, 0.6) is 0 Å². The highest BCUT2D eigenvalue weighted by Crippen LogP contribution is 2.25. The molecule has 6 nitrogen and oxygen atoms in total. The van der Waals surface area contributed by atoms with Crippen LogP contribution >= 0.6 is 0 Å². The largest absolute Gasteiger partial charge is 0.375 e. The number of amides is 1. The van der Waals surface area contributed by atoms with Gasteiger partial charge in [0, 0.05) is 44.8 Å². The number of carbonyl (C=O) groups excluding carboxylic acids is 1. The fraction of sp³-hybridized carbons (Fsp3) is 0.421. The first-order chi connectivity index (χ1) is 12.3. The van der Waals surface area contributed by atoms with Crippen LogP contribution in [0.3, 0.4) is 0 Å². The number of pyridine rings is 2. The average molecular weight is 338 g/mol. The number of carbonyl (C=O) groups is 1. The minimum atomic E-state index is 0.00786. The molecule has 2 aliphatic rings. The molecule has 2 fully saturated rings. The Kier molecular flexibility index (Phi) is 4.72. The zero-order valence-corrected chi connectivity index (χ0v) is 14.1. The molecule has 2 atom stereocenters. The first-order valence-corrected chi connectivity index (χ1v) is 8.76. The van der Waals surface area contributed by atoms with E-state index in [2.05, 4.69) is 14.9 Å². The third kappa shape index (κ3) is 3.55. The van der Waals surface area contributed by atoms with Crippen molar-refractivity contribution in [2.24, 2.45) is 0 Å². The van der Waals surface area contributed by atoms with E-state index < -0.39 is 0 Å². The molecule has 130 valence electrons. The quantitative estimate of drug-likeness (QED) is 0.851. The number of fused-ring (bicyclic) bond motifs is 1. The maximum Gasteiger partial charge on any atom is 0.272 e. The van der Waals surface area contributed by atoms with Crippen molar-refractivity contribution >= 4 is 5.91 Å². The number of hydrogen-bond acceptors (Lipinski definition) is 5. The van der Waals surface area contributed by atoms with E-state index >= 15 is 0 Å². The third-order valence-electron chi connectivity index (χ3n) is 5.01. The number of hydrogen-bond donors (Lipinski definition) is 0. The molecule has 0 N–H and O–H groups in total. The molecule has 0 radical (unpaired) electrons. The van der Waals surface area contributed by atoms with Crippen LogP contribution in [-0.2, 0) is 11.3 Å². The lowest BCUT2D eigenvalue weighted by atomic mass is 9.97. The van der Waals surface area contributed by atoms with Crippen molar-refractivity contribution in [3.63, 3.8) is 0 Å². The summed E-state index contributed by atoms with van der Waals surface area (Å²) in [5.41, 5.74) is 1.75. The topological polar surface area (TPSA) is 58.6 Å². The summed E-state index contributed by atoms with van der Waals surface area (Å²) in [6.07, 6.45) is 6.38. The van der Waals surface area contributed by atoms with E-state index in [9.17, 15) is 4.79 Å². The van der Waals surface area contributed by atoms with E-state index in [1.54, 1.807) is 12.3 Å². The van der Waals surface area contributed by atoms with Gasteiger partial charge < -0.3 is 9.64 Å². The summed E-state index contributed by atoms with van der Waals surface area (Å²) < 4.78 is 5.98. The smallest absolute Gasteiger partial charge is 0.272 e. The van der Waals surface area contributed by atoms with Gasteiger partial charge in [-0.2, -0.15) is 0 Å². The second kappa shape index (κ2) is 7.29. The Morgan fingerprint density at radius 1 is 1.16 bits per heavy atom. The maximum atomic E-state index is 12.7. The molecule has 0 spiro atoms. The summed E-state index contributed by atoms with van der Waals surface area (Å²) in [4.78, 5) is 25.4. The molecule has 2 aromatic rings.